The van der Waals surface area contributed by atoms with Gasteiger partial charge in [0.1, 0.15) is 24.7 Å². The van der Waals surface area contributed by atoms with Gasteiger partial charge in [0.05, 0.1) is 23.9 Å². The second-order valence-corrected chi connectivity index (χ2v) is 11.2. The van der Waals surface area contributed by atoms with Crippen molar-refractivity contribution in [1.82, 2.24) is 5.43 Å². The van der Waals surface area contributed by atoms with Crippen LogP contribution in [0.3, 0.4) is 0 Å². The zero-order chi connectivity index (χ0) is 29.4. The quantitative estimate of drug-likeness (QED) is 0.158. The third kappa shape index (κ3) is 6.94. The summed E-state index contributed by atoms with van der Waals surface area (Å²) in [6.45, 7) is -0.0249. The molecule has 212 valence electrons. The highest BCUT2D eigenvalue weighted by Gasteiger charge is 2.27. The lowest BCUT2D eigenvalue weighted by Gasteiger charge is -2.23. The van der Waals surface area contributed by atoms with Gasteiger partial charge in [-0.05, 0) is 88.6 Å². The van der Waals surface area contributed by atoms with E-state index in [-0.39, 0.29) is 4.90 Å². The number of benzene rings is 5. The van der Waals surface area contributed by atoms with E-state index < -0.39 is 22.5 Å². The molecule has 0 aliphatic heterocycles. The van der Waals surface area contributed by atoms with Crippen molar-refractivity contribution < 1.29 is 22.7 Å². The lowest BCUT2D eigenvalue weighted by molar-refractivity contribution is -0.119. The van der Waals surface area contributed by atoms with Crippen LogP contribution in [0.5, 0.6) is 11.5 Å². The molecule has 0 aliphatic carbocycles. The average molecular weight is 580 g/mol. The summed E-state index contributed by atoms with van der Waals surface area (Å²) in [5, 5.41) is 6.36. The zero-order valence-corrected chi connectivity index (χ0v) is 23.7. The Morgan fingerprint density at radius 2 is 1.48 bits per heavy atom. The minimum absolute atomic E-state index is 0.0337. The number of carbonyl (C=O) groups excluding carboxylic acids is 1. The maximum atomic E-state index is 13.5. The van der Waals surface area contributed by atoms with Gasteiger partial charge in [-0.2, -0.15) is 5.10 Å². The van der Waals surface area contributed by atoms with Crippen LogP contribution in [-0.2, 0) is 21.4 Å². The zero-order valence-electron chi connectivity index (χ0n) is 22.9. The van der Waals surface area contributed by atoms with Crippen molar-refractivity contribution in [2.45, 2.75) is 11.5 Å². The Bertz CT molecular complexity index is 1790. The molecule has 8 nitrogen and oxygen atoms in total. The van der Waals surface area contributed by atoms with Gasteiger partial charge < -0.3 is 9.47 Å². The Kier molecular flexibility index (Phi) is 8.79. The van der Waals surface area contributed by atoms with Crippen molar-refractivity contribution in [2.75, 3.05) is 18.0 Å². The summed E-state index contributed by atoms with van der Waals surface area (Å²) in [5.41, 5.74) is 4.58. The molecule has 0 aromatic heterocycles. The van der Waals surface area contributed by atoms with Crippen LogP contribution < -0.4 is 19.2 Å². The third-order valence-corrected chi connectivity index (χ3v) is 8.27. The summed E-state index contributed by atoms with van der Waals surface area (Å²) < 4.78 is 39.0. The molecule has 1 amide bonds. The highest BCUT2D eigenvalue weighted by Crippen LogP contribution is 2.25. The minimum atomic E-state index is -4.04. The fraction of sp³-hybridized carbons (Fsp3) is 0.0909. The van der Waals surface area contributed by atoms with E-state index in [1.807, 2.05) is 42.5 Å². The standard InChI is InChI=1S/C33H29N3O5S/c1-40-30-17-19-32(20-18-30)42(38,39)36(29-9-3-2-4-10-29)23-33(37)35-34-22-25-12-15-31(16-13-25)41-24-26-11-14-27-7-5-6-8-28(27)21-26/h2-22H,23-24H2,1H3,(H,35,37)/b34-22-. The topological polar surface area (TPSA) is 97.3 Å². The van der Waals surface area contributed by atoms with Gasteiger partial charge in [0.15, 0.2) is 0 Å². The van der Waals surface area contributed by atoms with Crippen molar-refractivity contribution in [3.8, 4) is 11.5 Å². The molecule has 9 heteroatoms. The highest BCUT2D eigenvalue weighted by molar-refractivity contribution is 7.92. The first-order valence-electron chi connectivity index (χ1n) is 13.2. The molecule has 0 unspecified atom stereocenters. The number of rotatable bonds is 11. The molecule has 0 saturated carbocycles. The summed E-state index contributed by atoms with van der Waals surface area (Å²) in [6, 6.07) is 36.1. The predicted molar refractivity (Wildman–Crippen MR) is 164 cm³/mol. The number of sulfonamides is 1. The van der Waals surface area contributed by atoms with E-state index >= 15 is 0 Å². The van der Waals surface area contributed by atoms with Crippen LogP contribution in [-0.4, -0.2) is 34.2 Å². The number of para-hydroxylation sites is 1. The van der Waals surface area contributed by atoms with E-state index in [4.69, 9.17) is 9.47 Å². The van der Waals surface area contributed by atoms with Crippen molar-refractivity contribution >= 4 is 38.6 Å². The third-order valence-electron chi connectivity index (χ3n) is 6.48. The molecule has 0 heterocycles. The van der Waals surface area contributed by atoms with Crippen molar-refractivity contribution in [2.24, 2.45) is 5.10 Å². The smallest absolute Gasteiger partial charge is 0.264 e. The first-order valence-corrected chi connectivity index (χ1v) is 14.6. The molecule has 0 saturated heterocycles. The van der Waals surface area contributed by atoms with Gasteiger partial charge >= 0.3 is 0 Å². The highest BCUT2D eigenvalue weighted by atomic mass is 32.2. The van der Waals surface area contributed by atoms with Gasteiger partial charge in [0.2, 0.25) is 0 Å². The summed E-state index contributed by atoms with van der Waals surface area (Å²) in [6.07, 6.45) is 1.48. The molecule has 0 atom stereocenters. The lowest BCUT2D eigenvalue weighted by atomic mass is 10.1. The number of hydrogen-bond acceptors (Lipinski definition) is 6. The number of ether oxygens (including phenoxy) is 2. The molecule has 5 rings (SSSR count). The Hall–Kier alpha value is -5.15. The van der Waals surface area contributed by atoms with E-state index in [9.17, 15) is 13.2 Å². The van der Waals surface area contributed by atoms with Gasteiger partial charge in [0.25, 0.3) is 15.9 Å². The van der Waals surface area contributed by atoms with E-state index in [0.29, 0.717) is 23.8 Å². The summed E-state index contributed by atoms with van der Waals surface area (Å²) in [5.74, 6) is 0.630. The lowest BCUT2D eigenvalue weighted by Crippen LogP contribution is -2.39. The first kappa shape index (κ1) is 28.4. The molecule has 42 heavy (non-hydrogen) atoms. The molecular formula is C33H29N3O5S. The minimum Gasteiger partial charge on any atom is -0.497 e. The molecule has 5 aromatic carbocycles. The molecule has 0 bridgehead atoms. The monoisotopic (exact) mass is 579 g/mol. The number of anilines is 1. The first-order chi connectivity index (χ1) is 20.4. The molecule has 1 N–H and O–H groups in total. The molecular weight excluding hydrogens is 550 g/mol. The Balaban J connectivity index is 1.20. The van der Waals surface area contributed by atoms with Crippen LogP contribution in [0.15, 0.2) is 131 Å². The molecule has 0 spiro atoms. The SMILES string of the molecule is COc1ccc(S(=O)(=O)N(CC(=O)N/N=C\c2ccc(OCc3ccc4ccccc4c3)cc2)c2ccccc2)cc1. The molecule has 0 aliphatic rings. The maximum absolute atomic E-state index is 13.5. The van der Waals surface area contributed by atoms with Crippen LogP contribution >= 0.6 is 0 Å². The molecule has 0 radical (unpaired) electrons. The van der Waals surface area contributed by atoms with E-state index in [0.717, 1.165) is 20.8 Å². The van der Waals surface area contributed by atoms with Crippen LogP contribution in [0.1, 0.15) is 11.1 Å². The summed E-state index contributed by atoms with van der Waals surface area (Å²) in [7, 11) is -2.54. The van der Waals surface area contributed by atoms with Crippen LogP contribution in [0.4, 0.5) is 5.69 Å². The van der Waals surface area contributed by atoms with Gasteiger partial charge in [0, 0.05) is 0 Å². The van der Waals surface area contributed by atoms with Crippen molar-refractivity contribution in [3.05, 3.63) is 132 Å². The van der Waals surface area contributed by atoms with Crippen LogP contribution in [0, 0.1) is 0 Å². The maximum Gasteiger partial charge on any atom is 0.264 e. The van der Waals surface area contributed by atoms with Crippen LogP contribution in [0.25, 0.3) is 10.8 Å². The van der Waals surface area contributed by atoms with Gasteiger partial charge in [-0.1, -0.05) is 54.6 Å². The van der Waals surface area contributed by atoms with Crippen molar-refractivity contribution in [3.63, 3.8) is 0 Å². The second kappa shape index (κ2) is 13.0. The Morgan fingerprint density at radius 1 is 0.810 bits per heavy atom. The average Bonchev–Trinajstić information content (AvgIpc) is 3.03. The molecule has 0 fully saturated rings. The Morgan fingerprint density at radius 3 is 2.19 bits per heavy atom. The fourth-order valence-corrected chi connectivity index (χ4v) is 5.70. The summed E-state index contributed by atoms with van der Waals surface area (Å²) in [4.78, 5) is 12.8. The van der Waals surface area contributed by atoms with Gasteiger partial charge in [-0.25, -0.2) is 13.8 Å². The normalized spacial score (nSPS) is 11.4. The van der Waals surface area contributed by atoms with E-state index in [1.165, 1.54) is 30.8 Å². The van der Waals surface area contributed by atoms with Gasteiger partial charge in [-0.15, -0.1) is 0 Å². The summed E-state index contributed by atoms with van der Waals surface area (Å²) >= 11 is 0. The number of amides is 1. The number of methoxy groups -OCH3 is 1. The largest absolute Gasteiger partial charge is 0.497 e. The molecule has 5 aromatic rings. The number of fused-ring (bicyclic) bond motifs is 1. The number of hydrogen-bond donors (Lipinski definition) is 1. The van der Waals surface area contributed by atoms with Crippen LogP contribution in [0.2, 0.25) is 0 Å². The number of nitrogens with zero attached hydrogens (tertiary/aromatic N) is 2. The van der Waals surface area contributed by atoms with Gasteiger partial charge in [-0.3, -0.25) is 9.10 Å². The number of nitrogens with one attached hydrogen (secondary N) is 1. The number of carbonyl (C=O) groups is 1. The van der Waals surface area contributed by atoms with E-state index in [1.54, 1.807) is 42.5 Å². The van der Waals surface area contributed by atoms with E-state index in [2.05, 4.69) is 34.8 Å². The predicted octanol–water partition coefficient (Wildman–Crippen LogP) is 5.77. The second-order valence-electron chi connectivity index (χ2n) is 9.36. The Labute approximate surface area is 244 Å². The van der Waals surface area contributed by atoms with Crippen molar-refractivity contribution in [1.29, 1.82) is 0 Å². The number of hydrazone groups is 1. The fourth-order valence-electron chi connectivity index (χ4n) is 4.27.